The minimum atomic E-state index is -0.198. The first-order valence-corrected chi connectivity index (χ1v) is 11.6. The van der Waals surface area contributed by atoms with Crippen molar-refractivity contribution in [1.29, 1.82) is 0 Å². The molecule has 0 bridgehead atoms. The van der Waals surface area contributed by atoms with E-state index < -0.39 is 0 Å². The summed E-state index contributed by atoms with van der Waals surface area (Å²) in [5, 5.41) is 3.32. The molecule has 3 heterocycles. The van der Waals surface area contributed by atoms with Crippen molar-refractivity contribution in [3.63, 3.8) is 0 Å². The van der Waals surface area contributed by atoms with Crippen molar-refractivity contribution in [2.45, 2.75) is 47.0 Å². The molecule has 6 nitrogen and oxygen atoms in total. The third-order valence-corrected chi connectivity index (χ3v) is 6.23. The molecule has 30 heavy (non-hydrogen) atoms. The van der Waals surface area contributed by atoms with E-state index in [1.165, 1.54) is 16.2 Å². The van der Waals surface area contributed by atoms with Crippen molar-refractivity contribution in [3.8, 4) is 0 Å². The average molecular weight is 445 g/mol. The Morgan fingerprint density at radius 2 is 2.07 bits per heavy atom. The van der Waals surface area contributed by atoms with Gasteiger partial charge in [-0.15, -0.1) is 0 Å². The predicted octanol–water partition coefficient (Wildman–Crippen LogP) is 4.46. The van der Waals surface area contributed by atoms with Crippen LogP contribution in [0.3, 0.4) is 0 Å². The van der Waals surface area contributed by atoms with E-state index in [4.69, 9.17) is 17.2 Å². The third kappa shape index (κ3) is 4.75. The summed E-state index contributed by atoms with van der Waals surface area (Å²) in [5.41, 5.74) is 1.72. The summed E-state index contributed by atoms with van der Waals surface area (Å²) in [6.45, 7) is 9.45. The van der Waals surface area contributed by atoms with E-state index in [0.29, 0.717) is 38.7 Å². The van der Waals surface area contributed by atoms with Gasteiger partial charge in [-0.2, -0.15) is 0 Å². The first-order chi connectivity index (χ1) is 14.3. The van der Waals surface area contributed by atoms with Gasteiger partial charge >= 0.3 is 0 Å². The maximum atomic E-state index is 13.3. The minimum Gasteiger partial charge on any atom is -0.369 e. The maximum Gasteiger partial charge on any atom is 0.267 e. The van der Waals surface area contributed by atoms with Crippen LogP contribution in [0.4, 0.5) is 5.82 Å². The fourth-order valence-electron chi connectivity index (χ4n) is 3.31. The Kier molecular flexibility index (Phi) is 7.31. The van der Waals surface area contributed by atoms with Crippen LogP contribution < -0.4 is 10.9 Å². The first-order valence-electron chi connectivity index (χ1n) is 10.3. The monoisotopic (exact) mass is 444 g/mol. The summed E-state index contributed by atoms with van der Waals surface area (Å²) < 4.78 is 2.06. The highest BCUT2D eigenvalue weighted by molar-refractivity contribution is 8.26. The summed E-state index contributed by atoms with van der Waals surface area (Å²) in [6, 6.07) is 3.75. The second-order valence-corrected chi connectivity index (χ2v) is 9.56. The van der Waals surface area contributed by atoms with Crippen molar-refractivity contribution < 1.29 is 4.79 Å². The summed E-state index contributed by atoms with van der Waals surface area (Å²) in [4.78, 5) is 33.0. The molecule has 0 aromatic carbocycles. The molecule has 0 saturated carbocycles. The smallest absolute Gasteiger partial charge is 0.267 e. The van der Waals surface area contributed by atoms with E-state index >= 15 is 0 Å². The maximum absolute atomic E-state index is 13.3. The zero-order chi connectivity index (χ0) is 21.8. The van der Waals surface area contributed by atoms with Crippen LogP contribution in [0.1, 0.15) is 51.2 Å². The van der Waals surface area contributed by atoms with Crippen LogP contribution in [0.2, 0.25) is 0 Å². The summed E-state index contributed by atoms with van der Waals surface area (Å²) in [7, 11) is 0. The molecule has 1 aliphatic rings. The van der Waals surface area contributed by atoms with Crippen molar-refractivity contribution in [2.24, 2.45) is 5.92 Å². The Hall–Kier alpha value is -2.19. The minimum absolute atomic E-state index is 0.149. The number of nitrogens with one attached hydrogen (secondary N) is 1. The number of nitrogens with zero attached hydrogens (tertiary/aromatic N) is 3. The Balaban J connectivity index is 2.06. The van der Waals surface area contributed by atoms with Gasteiger partial charge in [0.1, 0.15) is 15.8 Å². The van der Waals surface area contributed by atoms with Crippen molar-refractivity contribution in [2.75, 3.05) is 18.4 Å². The molecule has 0 unspecified atom stereocenters. The van der Waals surface area contributed by atoms with Crippen molar-refractivity contribution in [3.05, 3.63) is 44.7 Å². The summed E-state index contributed by atoms with van der Waals surface area (Å²) in [5.74, 6) is 0.669. The molecule has 0 atom stereocenters. The van der Waals surface area contributed by atoms with Crippen LogP contribution in [-0.4, -0.2) is 37.6 Å². The number of rotatable bonds is 8. The van der Waals surface area contributed by atoms with Gasteiger partial charge in [0.25, 0.3) is 11.5 Å². The van der Waals surface area contributed by atoms with Gasteiger partial charge in [0, 0.05) is 19.3 Å². The van der Waals surface area contributed by atoms with Crippen LogP contribution in [-0.2, 0) is 4.79 Å². The van der Waals surface area contributed by atoms with Gasteiger partial charge in [-0.25, -0.2) is 4.98 Å². The number of hydrogen-bond donors (Lipinski definition) is 1. The zero-order valence-electron chi connectivity index (χ0n) is 17.9. The number of carbonyl (C=O) groups excluding carboxylic acids is 1. The molecule has 0 spiro atoms. The van der Waals surface area contributed by atoms with E-state index in [9.17, 15) is 9.59 Å². The highest BCUT2D eigenvalue weighted by Gasteiger charge is 2.32. The second kappa shape index (κ2) is 9.75. The van der Waals surface area contributed by atoms with Crippen molar-refractivity contribution in [1.82, 2.24) is 14.3 Å². The number of anilines is 1. The molecule has 1 fully saturated rings. The van der Waals surface area contributed by atoms with E-state index in [-0.39, 0.29) is 11.5 Å². The van der Waals surface area contributed by atoms with Crippen molar-refractivity contribution >= 4 is 51.7 Å². The highest BCUT2D eigenvalue weighted by Crippen LogP contribution is 2.33. The molecule has 8 heteroatoms. The molecular formula is C22H28N4O2S2. The average Bonchev–Trinajstić information content (AvgIpc) is 2.95. The molecule has 1 N–H and O–H groups in total. The Morgan fingerprint density at radius 1 is 1.30 bits per heavy atom. The lowest BCUT2D eigenvalue weighted by Gasteiger charge is -2.16. The zero-order valence-corrected chi connectivity index (χ0v) is 19.5. The molecule has 160 valence electrons. The van der Waals surface area contributed by atoms with Gasteiger partial charge in [-0.1, -0.05) is 63.7 Å². The van der Waals surface area contributed by atoms with Gasteiger partial charge < -0.3 is 5.32 Å². The number of aryl methyl sites for hydroxylation is 1. The van der Waals surface area contributed by atoms with Crippen LogP contribution in [0.25, 0.3) is 11.7 Å². The fraction of sp³-hybridized carbons (Fsp3) is 0.455. The highest BCUT2D eigenvalue weighted by atomic mass is 32.2. The van der Waals surface area contributed by atoms with Gasteiger partial charge in [0.15, 0.2) is 0 Å². The van der Waals surface area contributed by atoms with Crippen LogP contribution in [0.5, 0.6) is 0 Å². The van der Waals surface area contributed by atoms with Gasteiger partial charge in [0.2, 0.25) is 0 Å². The van der Waals surface area contributed by atoms with Crippen LogP contribution >= 0.6 is 24.0 Å². The van der Waals surface area contributed by atoms with Crippen LogP contribution in [0.15, 0.2) is 28.0 Å². The molecule has 3 rings (SSSR count). The summed E-state index contributed by atoms with van der Waals surface area (Å²) >= 11 is 6.64. The number of aromatic nitrogens is 2. The molecule has 1 aliphatic heterocycles. The number of hydrogen-bond acceptors (Lipinski definition) is 6. The lowest BCUT2D eigenvalue weighted by Crippen LogP contribution is -2.31. The SMILES string of the molecule is CCCCCNc1nc2c(C)cccn2c(=O)c1C=C1SC(=S)N(CC(C)C)C1=O. The molecule has 1 amide bonds. The van der Waals surface area contributed by atoms with Gasteiger partial charge in [0.05, 0.1) is 10.5 Å². The lowest BCUT2D eigenvalue weighted by molar-refractivity contribution is -0.122. The van der Waals surface area contributed by atoms with Gasteiger partial charge in [-0.05, 0) is 37.0 Å². The predicted molar refractivity (Wildman–Crippen MR) is 129 cm³/mol. The Morgan fingerprint density at radius 3 is 2.77 bits per heavy atom. The molecule has 1 saturated heterocycles. The standard InChI is InChI=1S/C22H28N4O2S2/c1-5-6-7-10-23-18-16(20(27)25-11-8-9-15(4)19(25)24-18)12-17-21(28)26(13-14(2)3)22(29)30-17/h8-9,11-12,14,23H,5-7,10,13H2,1-4H3. The first kappa shape index (κ1) is 22.5. The van der Waals surface area contributed by atoms with Crippen LogP contribution in [0, 0.1) is 12.8 Å². The van der Waals surface area contributed by atoms with E-state index in [1.807, 2.05) is 32.9 Å². The number of carbonyl (C=O) groups is 1. The Labute approximate surface area is 186 Å². The normalized spacial score (nSPS) is 15.8. The number of fused-ring (bicyclic) bond motifs is 1. The number of pyridine rings is 1. The molecule has 0 aliphatic carbocycles. The second-order valence-electron chi connectivity index (χ2n) is 7.88. The van der Waals surface area contributed by atoms with E-state index in [1.54, 1.807) is 17.2 Å². The topological polar surface area (TPSA) is 66.7 Å². The fourth-order valence-corrected chi connectivity index (χ4v) is 4.57. The number of unbranched alkanes of at least 4 members (excludes halogenated alkanes) is 2. The molecular weight excluding hydrogens is 416 g/mol. The van der Waals surface area contributed by atoms with Gasteiger partial charge in [-0.3, -0.25) is 18.9 Å². The van der Waals surface area contributed by atoms with E-state index in [0.717, 1.165) is 31.4 Å². The molecule has 2 aromatic heterocycles. The Bertz CT molecular complexity index is 1060. The number of amides is 1. The largest absolute Gasteiger partial charge is 0.369 e. The third-order valence-electron chi connectivity index (χ3n) is 4.85. The quantitative estimate of drug-likeness (QED) is 0.368. The molecule has 2 aromatic rings. The lowest BCUT2D eigenvalue weighted by atomic mass is 10.2. The molecule has 0 radical (unpaired) electrons. The number of thiocarbonyl (C=S) groups is 1. The van der Waals surface area contributed by atoms with E-state index in [2.05, 4.69) is 12.2 Å². The summed E-state index contributed by atoms with van der Waals surface area (Å²) in [6.07, 6.45) is 6.55. The number of thioether (sulfide) groups is 1.